The first kappa shape index (κ1) is 34.4. The van der Waals surface area contributed by atoms with Gasteiger partial charge in [0, 0.05) is 34.4 Å². The molecule has 5 rings (SSSR count). The topological polar surface area (TPSA) is 116 Å². The Morgan fingerprint density at radius 3 is 1.90 bits per heavy atom. The van der Waals surface area contributed by atoms with Crippen molar-refractivity contribution >= 4 is 58.5 Å². The van der Waals surface area contributed by atoms with Gasteiger partial charge in [-0.2, -0.15) is 0 Å². The third kappa shape index (κ3) is 10.0. The highest BCUT2D eigenvalue weighted by atomic mass is 32.2. The molecule has 4 amide bonds. The molecule has 0 fully saturated rings. The smallest absolute Gasteiger partial charge is 0.272 e. The third-order valence-electron chi connectivity index (χ3n) is 7.36. The summed E-state index contributed by atoms with van der Waals surface area (Å²) in [6, 6.07) is 40.6. The van der Waals surface area contributed by atoms with Crippen LogP contribution in [-0.4, -0.2) is 28.9 Å². The lowest BCUT2D eigenvalue weighted by Crippen LogP contribution is -2.30. The standard InChI is InChI=1S/C40H36N4O4S/c1-3-37(40(48)42-33-23-21-32(22-24-33)41-27(2)45)49-35-16-10-15-34(26-35)43-39(47)36(44-38(46)31-13-8-5-9-14-31)25-28-17-19-30(20-18-28)29-11-6-4-7-12-29/h4-26,37H,3H2,1-2H3,(H,41,45)(H,42,48)(H,43,47)(H,44,46)/b36-25+. The maximum Gasteiger partial charge on any atom is 0.272 e. The Morgan fingerprint density at radius 1 is 0.653 bits per heavy atom. The summed E-state index contributed by atoms with van der Waals surface area (Å²) in [6.45, 7) is 3.37. The summed E-state index contributed by atoms with van der Waals surface area (Å²) in [7, 11) is 0. The van der Waals surface area contributed by atoms with Crippen LogP contribution in [0.3, 0.4) is 0 Å². The summed E-state index contributed by atoms with van der Waals surface area (Å²) in [5.41, 5.74) is 5.12. The normalized spacial score (nSPS) is 11.6. The van der Waals surface area contributed by atoms with Crippen LogP contribution in [-0.2, 0) is 14.4 Å². The van der Waals surface area contributed by atoms with Crippen molar-refractivity contribution in [3.63, 3.8) is 0 Å². The summed E-state index contributed by atoms with van der Waals surface area (Å²) in [5.74, 6) is -1.24. The fourth-order valence-electron chi connectivity index (χ4n) is 4.91. The zero-order valence-corrected chi connectivity index (χ0v) is 27.9. The predicted molar refractivity (Wildman–Crippen MR) is 198 cm³/mol. The second-order valence-corrected chi connectivity index (χ2v) is 12.4. The van der Waals surface area contributed by atoms with Crippen molar-refractivity contribution in [2.24, 2.45) is 0 Å². The van der Waals surface area contributed by atoms with Crippen LogP contribution < -0.4 is 21.3 Å². The lowest BCUT2D eigenvalue weighted by Gasteiger charge is -2.16. The number of carbonyl (C=O) groups excluding carboxylic acids is 4. The minimum absolute atomic E-state index is 0.0784. The van der Waals surface area contributed by atoms with E-state index in [1.54, 1.807) is 72.8 Å². The fraction of sp³-hybridized carbons (Fsp3) is 0.100. The van der Waals surface area contributed by atoms with Crippen LogP contribution in [0.2, 0.25) is 0 Å². The third-order valence-corrected chi connectivity index (χ3v) is 8.72. The SMILES string of the molecule is CCC(Sc1cccc(NC(=O)/C(=C\c2ccc(-c3ccccc3)cc2)NC(=O)c2ccccc2)c1)C(=O)Nc1ccc(NC(C)=O)cc1. The molecule has 49 heavy (non-hydrogen) atoms. The number of nitrogens with one attached hydrogen (secondary N) is 4. The number of hydrogen-bond donors (Lipinski definition) is 4. The molecule has 0 aliphatic rings. The molecule has 5 aromatic carbocycles. The molecule has 9 heteroatoms. The second-order valence-electron chi connectivity index (χ2n) is 11.1. The van der Waals surface area contributed by atoms with Crippen molar-refractivity contribution < 1.29 is 19.2 Å². The summed E-state index contributed by atoms with van der Waals surface area (Å²) in [4.78, 5) is 52.0. The molecule has 0 saturated carbocycles. The van der Waals surface area contributed by atoms with Crippen LogP contribution in [0, 0.1) is 0 Å². The molecule has 0 aliphatic carbocycles. The second kappa shape index (κ2) is 16.8. The van der Waals surface area contributed by atoms with Crippen LogP contribution in [0.25, 0.3) is 17.2 Å². The minimum atomic E-state index is -0.494. The first-order valence-electron chi connectivity index (χ1n) is 15.8. The summed E-state index contributed by atoms with van der Waals surface area (Å²) in [6.07, 6.45) is 2.21. The minimum Gasteiger partial charge on any atom is -0.326 e. The molecule has 0 spiro atoms. The Balaban J connectivity index is 1.30. The number of amides is 4. The van der Waals surface area contributed by atoms with Crippen molar-refractivity contribution in [1.29, 1.82) is 0 Å². The monoisotopic (exact) mass is 668 g/mol. The van der Waals surface area contributed by atoms with Gasteiger partial charge < -0.3 is 21.3 Å². The van der Waals surface area contributed by atoms with E-state index in [1.807, 2.05) is 73.7 Å². The van der Waals surface area contributed by atoms with Crippen molar-refractivity contribution in [1.82, 2.24) is 5.32 Å². The van der Waals surface area contributed by atoms with Crippen LogP contribution in [0.15, 0.2) is 144 Å². The van der Waals surface area contributed by atoms with Crippen LogP contribution in [0.5, 0.6) is 0 Å². The Kier molecular flexibility index (Phi) is 11.8. The number of rotatable bonds is 12. The Labute approximate surface area is 290 Å². The molecule has 0 aliphatic heterocycles. The van der Waals surface area contributed by atoms with Gasteiger partial charge in [-0.25, -0.2) is 0 Å². The van der Waals surface area contributed by atoms with E-state index < -0.39 is 17.1 Å². The van der Waals surface area contributed by atoms with E-state index in [-0.39, 0.29) is 17.5 Å². The van der Waals surface area contributed by atoms with E-state index in [4.69, 9.17) is 0 Å². The largest absolute Gasteiger partial charge is 0.326 e. The highest BCUT2D eigenvalue weighted by molar-refractivity contribution is 8.00. The van der Waals surface area contributed by atoms with Crippen molar-refractivity contribution in [2.45, 2.75) is 30.4 Å². The molecule has 0 heterocycles. The van der Waals surface area contributed by atoms with E-state index in [2.05, 4.69) is 21.3 Å². The van der Waals surface area contributed by atoms with Gasteiger partial charge in [0.2, 0.25) is 11.8 Å². The molecule has 0 aromatic heterocycles. The fourth-order valence-corrected chi connectivity index (χ4v) is 5.92. The first-order chi connectivity index (χ1) is 23.8. The lowest BCUT2D eigenvalue weighted by atomic mass is 10.0. The van der Waals surface area contributed by atoms with Crippen molar-refractivity contribution in [3.8, 4) is 11.1 Å². The highest BCUT2D eigenvalue weighted by Gasteiger charge is 2.20. The van der Waals surface area contributed by atoms with Gasteiger partial charge in [0.15, 0.2) is 0 Å². The van der Waals surface area contributed by atoms with Gasteiger partial charge in [0.1, 0.15) is 5.70 Å². The van der Waals surface area contributed by atoms with Gasteiger partial charge >= 0.3 is 0 Å². The average Bonchev–Trinajstić information content (AvgIpc) is 3.12. The van der Waals surface area contributed by atoms with Crippen molar-refractivity contribution in [3.05, 3.63) is 150 Å². The van der Waals surface area contributed by atoms with Crippen LogP contribution >= 0.6 is 11.8 Å². The van der Waals surface area contributed by atoms with E-state index in [0.717, 1.165) is 21.6 Å². The number of benzene rings is 5. The predicted octanol–water partition coefficient (Wildman–Crippen LogP) is 8.23. The number of hydrogen-bond acceptors (Lipinski definition) is 5. The first-order valence-corrected chi connectivity index (χ1v) is 16.7. The number of anilines is 3. The summed E-state index contributed by atoms with van der Waals surface area (Å²) in [5, 5.41) is 10.9. The Morgan fingerprint density at radius 2 is 1.27 bits per heavy atom. The number of thioether (sulfide) groups is 1. The molecule has 246 valence electrons. The maximum atomic E-state index is 13.7. The van der Waals surface area contributed by atoms with E-state index >= 15 is 0 Å². The van der Waals surface area contributed by atoms with Gasteiger partial charge in [0.05, 0.1) is 5.25 Å². The van der Waals surface area contributed by atoms with E-state index in [0.29, 0.717) is 29.0 Å². The lowest BCUT2D eigenvalue weighted by molar-refractivity contribution is -0.116. The maximum absolute atomic E-state index is 13.7. The summed E-state index contributed by atoms with van der Waals surface area (Å²) < 4.78 is 0. The Bertz CT molecular complexity index is 1940. The van der Waals surface area contributed by atoms with Crippen LogP contribution in [0.1, 0.15) is 36.2 Å². The van der Waals surface area contributed by atoms with E-state index in [1.165, 1.54) is 18.7 Å². The van der Waals surface area contributed by atoms with Crippen molar-refractivity contribution in [2.75, 3.05) is 16.0 Å². The molecule has 8 nitrogen and oxygen atoms in total. The molecule has 1 atom stereocenters. The molecule has 1 unspecified atom stereocenters. The number of carbonyl (C=O) groups is 4. The van der Waals surface area contributed by atoms with Gasteiger partial charge in [0.25, 0.3) is 11.8 Å². The zero-order valence-electron chi connectivity index (χ0n) is 27.1. The quantitative estimate of drug-likeness (QED) is 0.0790. The molecule has 0 saturated heterocycles. The van der Waals surface area contributed by atoms with Gasteiger partial charge in [-0.05, 0) is 83.8 Å². The molecular formula is C40H36N4O4S. The van der Waals surface area contributed by atoms with E-state index in [9.17, 15) is 19.2 Å². The van der Waals surface area contributed by atoms with Gasteiger partial charge in [-0.15, -0.1) is 11.8 Å². The van der Waals surface area contributed by atoms with Gasteiger partial charge in [-0.3, -0.25) is 19.2 Å². The zero-order chi connectivity index (χ0) is 34.6. The summed E-state index contributed by atoms with van der Waals surface area (Å²) >= 11 is 1.38. The molecule has 4 N–H and O–H groups in total. The molecular weight excluding hydrogens is 633 g/mol. The Hall–Kier alpha value is -5.93. The average molecular weight is 669 g/mol. The molecule has 5 aromatic rings. The molecule has 0 bridgehead atoms. The molecule has 0 radical (unpaired) electrons. The highest BCUT2D eigenvalue weighted by Crippen LogP contribution is 2.29. The van der Waals surface area contributed by atoms with Gasteiger partial charge in [-0.1, -0.05) is 85.8 Å². The van der Waals surface area contributed by atoms with Crippen LogP contribution in [0.4, 0.5) is 17.1 Å².